The summed E-state index contributed by atoms with van der Waals surface area (Å²) in [6, 6.07) is 22.3. The van der Waals surface area contributed by atoms with Gasteiger partial charge in [0.2, 0.25) is 5.91 Å². The number of ether oxygens (including phenoxy) is 1. The van der Waals surface area contributed by atoms with Gasteiger partial charge >= 0.3 is 0 Å². The minimum absolute atomic E-state index is 0.104. The highest BCUT2D eigenvalue weighted by Gasteiger charge is 2.07. The monoisotopic (exact) mass is 400 g/mol. The zero-order valence-corrected chi connectivity index (χ0v) is 15.9. The molecule has 0 radical (unpaired) electrons. The molecule has 4 nitrogen and oxygen atoms in total. The normalized spacial score (nSPS) is 10.3. The van der Waals surface area contributed by atoms with Crippen LogP contribution in [0.3, 0.4) is 0 Å². The number of amides is 1. The Hall–Kier alpha value is -2.69. The van der Waals surface area contributed by atoms with Crippen LogP contribution in [0.1, 0.15) is 5.56 Å². The summed E-state index contributed by atoms with van der Waals surface area (Å²) in [4.78, 5) is 12.1. The molecule has 1 amide bonds. The Morgan fingerprint density at radius 2 is 1.67 bits per heavy atom. The van der Waals surface area contributed by atoms with Crippen molar-refractivity contribution in [3.05, 3.63) is 88.4 Å². The van der Waals surface area contributed by atoms with Crippen LogP contribution < -0.4 is 15.4 Å². The van der Waals surface area contributed by atoms with Gasteiger partial charge in [-0.2, -0.15) is 0 Å². The van der Waals surface area contributed by atoms with Crippen molar-refractivity contribution in [1.29, 1.82) is 0 Å². The number of benzene rings is 3. The van der Waals surface area contributed by atoms with Crippen molar-refractivity contribution >= 4 is 40.5 Å². The van der Waals surface area contributed by atoms with E-state index in [0.717, 1.165) is 17.0 Å². The number of carbonyl (C=O) groups is 1. The summed E-state index contributed by atoms with van der Waals surface area (Å²) >= 11 is 12.0. The minimum atomic E-state index is -0.219. The van der Waals surface area contributed by atoms with Gasteiger partial charge in [-0.25, -0.2) is 0 Å². The van der Waals surface area contributed by atoms with Crippen molar-refractivity contribution in [1.82, 2.24) is 0 Å². The lowest BCUT2D eigenvalue weighted by atomic mass is 10.2. The molecule has 3 rings (SSSR count). The van der Waals surface area contributed by atoms with Gasteiger partial charge in [-0.1, -0.05) is 53.5 Å². The number of nitrogens with one attached hydrogen (secondary N) is 2. The lowest BCUT2D eigenvalue weighted by Crippen LogP contribution is -2.21. The smallest absolute Gasteiger partial charge is 0.243 e. The first-order valence-corrected chi connectivity index (χ1v) is 9.11. The predicted molar refractivity (Wildman–Crippen MR) is 111 cm³/mol. The number of carbonyl (C=O) groups excluding carboxylic acids is 1. The van der Waals surface area contributed by atoms with Gasteiger partial charge in [0, 0.05) is 10.7 Å². The Kier molecular flexibility index (Phi) is 6.58. The predicted octanol–water partition coefficient (Wildman–Crippen LogP) is 5.62. The molecule has 6 heteroatoms. The SMILES string of the molecule is O=C(CNc1ccc(OCc2ccccc2)cc1)Nc1cc(Cl)ccc1Cl. The fourth-order valence-corrected chi connectivity index (χ4v) is 2.72. The molecular formula is C21H18Cl2N2O2. The molecule has 3 aromatic rings. The Morgan fingerprint density at radius 1 is 0.926 bits per heavy atom. The fraction of sp³-hybridized carbons (Fsp3) is 0.0952. The second-order valence-electron chi connectivity index (χ2n) is 5.82. The molecule has 0 aliphatic carbocycles. The van der Waals surface area contributed by atoms with E-state index < -0.39 is 0 Å². The van der Waals surface area contributed by atoms with E-state index in [-0.39, 0.29) is 12.5 Å². The third-order valence-corrected chi connectivity index (χ3v) is 4.32. The third kappa shape index (κ3) is 5.91. The van der Waals surface area contributed by atoms with Crippen molar-refractivity contribution in [2.45, 2.75) is 6.61 Å². The van der Waals surface area contributed by atoms with Crippen LogP contribution in [0.15, 0.2) is 72.8 Å². The van der Waals surface area contributed by atoms with E-state index in [9.17, 15) is 4.79 Å². The van der Waals surface area contributed by atoms with Gasteiger partial charge in [0.15, 0.2) is 0 Å². The first kappa shape index (κ1) is 19.1. The summed E-state index contributed by atoms with van der Waals surface area (Å²) in [5, 5.41) is 6.73. The highest BCUT2D eigenvalue weighted by atomic mass is 35.5. The van der Waals surface area contributed by atoms with E-state index in [2.05, 4.69) is 10.6 Å². The number of rotatable bonds is 7. The van der Waals surface area contributed by atoms with Gasteiger partial charge in [-0.05, 0) is 48.0 Å². The summed E-state index contributed by atoms with van der Waals surface area (Å²) in [5.74, 6) is 0.545. The summed E-state index contributed by atoms with van der Waals surface area (Å²) in [7, 11) is 0. The highest BCUT2D eigenvalue weighted by molar-refractivity contribution is 6.35. The lowest BCUT2D eigenvalue weighted by Gasteiger charge is -2.10. The zero-order valence-electron chi connectivity index (χ0n) is 14.4. The van der Waals surface area contributed by atoms with Gasteiger partial charge in [-0.15, -0.1) is 0 Å². The second kappa shape index (κ2) is 9.31. The molecule has 0 aromatic heterocycles. The molecule has 0 atom stereocenters. The van der Waals surface area contributed by atoms with Crippen LogP contribution in [0, 0.1) is 0 Å². The molecule has 0 fully saturated rings. The standard InChI is InChI=1S/C21H18Cl2N2O2/c22-16-6-11-19(23)20(12-16)25-21(26)13-24-17-7-9-18(10-8-17)27-14-15-4-2-1-3-5-15/h1-12,24H,13-14H2,(H,25,26). The number of hydrogen-bond acceptors (Lipinski definition) is 3. The van der Waals surface area contributed by atoms with Crippen molar-refractivity contribution in [2.24, 2.45) is 0 Å². The van der Waals surface area contributed by atoms with Crippen LogP contribution >= 0.6 is 23.2 Å². The second-order valence-corrected chi connectivity index (χ2v) is 6.67. The maximum absolute atomic E-state index is 12.1. The van der Waals surface area contributed by atoms with E-state index in [1.165, 1.54) is 0 Å². The fourth-order valence-electron chi connectivity index (χ4n) is 2.38. The average molecular weight is 401 g/mol. The van der Waals surface area contributed by atoms with Crippen molar-refractivity contribution in [3.8, 4) is 5.75 Å². The molecule has 0 unspecified atom stereocenters. The van der Waals surface area contributed by atoms with Crippen LogP contribution in [-0.2, 0) is 11.4 Å². The topological polar surface area (TPSA) is 50.4 Å². The molecule has 0 heterocycles. The van der Waals surface area contributed by atoms with E-state index in [1.807, 2.05) is 54.6 Å². The molecule has 0 aliphatic rings. The quantitative estimate of drug-likeness (QED) is 0.540. The summed E-state index contributed by atoms with van der Waals surface area (Å²) in [5.41, 5.74) is 2.41. The summed E-state index contributed by atoms with van der Waals surface area (Å²) in [6.45, 7) is 0.615. The molecule has 3 aromatic carbocycles. The first-order valence-electron chi connectivity index (χ1n) is 8.36. The van der Waals surface area contributed by atoms with Gasteiger partial charge in [0.1, 0.15) is 12.4 Å². The van der Waals surface area contributed by atoms with Gasteiger partial charge in [-0.3, -0.25) is 4.79 Å². The largest absolute Gasteiger partial charge is 0.489 e. The molecule has 27 heavy (non-hydrogen) atoms. The van der Waals surface area contributed by atoms with Crippen molar-refractivity contribution in [2.75, 3.05) is 17.2 Å². The van der Waals surface area contributed by atoms with Gasteiger partial charge in [0.25, 0.3) is 0 Å². The van der Waals surface area contributed by atoms with Gasteiger partial charge in [0.05, 0.1) is 17.3 Å². The van der Waals surface area contributed by atoms with Crippen LogP contribution in [0.25, 0.3) is 0 Å². The molecule has 0 spiro atoms. The zero-order chi connectivity index (χ0) is 19.1. The van der Waals surface area contributed by atoms with E-state index in [0.29, 0.717) is 22.3 Å². The van der Waals surface area contributed by atoms with Crippen molar-refractivity contribution in [3.63, 3.8) is 0 Å². The van der Waals surface area contributed by atoms with Gasteiger partial charge < -0.3 is 15.4 Å². The Morgan fingerprint density at radius 3 is 2.41 bits per heavy atom. The van der Waals surface area contributed by atoms with E-state index in [4.69, 9.17) is 27.9 Å². The van der Waals surface area contributed by atoms with Crippen LogP contribution in [0.2, 0.25) is 10.0 Å². The average Bonchev–Trinajstić information content (AvgIpc) is 2.69. The maximum Gasteiger partial charge on any atom is 0.243 e. The maximum atomic E-state index is 12.1. The number of anilines is 2. The Balaban J connectivity index is 1.48. The number of hydrogen-bond donors (Lipinski definition) is 2. The number of halogens is 2. The molecule has 0 bridgehead atoms. The van der Waals surface area contributed by atoms with Crippen LogP contribution in [0.5, 0.6) is 5.75 Å². The summed E-state index contributed by atoms with van der Waals surface area (Å²) in [6.07, 6.45) is 0. The Labute approximate surface area is 168 Å². The van der Waals surface area contributed by atoms with Crippen molar-refractivity contribution < 1.29 is 9.53 Å². The van der Waals surface area contributed by atoms with E-state index >= 15 is 0 Å². The highest BCUT2D eigenvalue weighted by Crippen LogP contribution is 2.25. The third-order valence-electron chi connectivity index (χ3n) is 3.76. The Bertz CT molecular complexity index is 900. The van der Waals surface area contributed by atoms with Crippen LogP contribution in [-0.4, -0.2) is 12.5 Å². The molecule has 0 aliphatic heterocycles. The first-order chi connectivity index (χ1) is 13.1. The molecule has 0 saturated carbocycles. The molecule has 2 N–H and O–H groups in total. The summed E-state index contributed by atoms with van der Waals surface area (Å²) < 4.78 is 5.74. The van der Waals surface area contributed by atoms with E-state index in [1.54, 1.807) is 18.2 Å². The molecular weight excluding hydrogens is 383 g/mol. The lowest BCUT2D eigenvalue weighted by molar-refractivity contribution is -0.114. The minimum Gasteiger partial charge on any atom is -0.489 e. The van der Waals surface area contributed by atoms with Crippen LogP contribution in [0.4, 0.5) is 11.4 Å². The molecule has 0 saturated heterocycles. The molecule has 138 valence electrons.